The Morgan fingerprint density at radius 3 is 3.14 bits per heavy atom. The summed E-state index contributed by atoms with van der Waals surface area (Å²) in [6, 6.07) is 2.81. The molecule has 2 aromatic rings. The number of nitrogens with zero attached hydrogens (tertiary/aromatic N) is 2. The van der Waals surface area contributed by atoms with Crippen LogP contribution in [-0.2, 0) is 11.2 Å². The number of carboxylic acids is 1. The third-order valence-electron chi connectivity index (χ3n) is 1.77. The van der Waals surface area contributed by atoms with Crippen molar-refractivity contribution in [3.8, 4) is 0 Å². The van der Waals surface area contributed by atoms with Crippen LogP contribution in [0.4, 0.5) is 0 Å². The predicted octanol–water partition coefficient (Wildman–Crippen LogP) is -0.350. The molecule has 0 spiro atoms. The highest BCUT2D eigenvalue weighted by Crippen LogP contribution is 1.97. The van der Waals surface area contributed by atoms with Crippen LogP contribution in [0.3, 0.4) is 0 Å². The number of H-pyrrole nitrogens is 1. The Kier molecular flexibility index (Phi) is 1.81. The van der Waals surface area contributed by atoms with Crippen LogP contribution in [0.5, 0.6) is 0 Å². The second kappa shape index (κ2) is 2.99. The van der Waals surface area contributed by atoms with E-state index in [1.54, 1.807) is 12.3 Å². The molecule has 0 aliphatic rings. The summed E-state index contributed by atoms with van der Waals surface area (Å²) in [5, 5.41) is 11.2. The van der Waals surface area contributed by atoms with Crippen molar-refractivity contribution in [1.82, 2.24) is 14.6 Å². The number of carboxylic acid groups (broad SMARTS) is 1. The molecule has 2 aromatic heterocycles. The van der Waals surface area contributed by atoms with Crippen LogP contribution in [0.25, 0.3) is 5.65 Å². The van der Waals surface area contributed by atoms with Crippen LogP contribution in [0, 0.1) is 0 Å². The molecular formula is C8H7N3O3. The van der Waals surface area contributed by atoms with Crippen molar-refractivity contribution in [3.05, 3.63) is 34.4 Å². The fraction of sp³-hybridized carbons (Fsp3) is 0.125. The van der Waals surface area contributed by atoms with Crippen LogP contribution in [0.15, 0.2) is 23.1 Å². The molecule has 0 saturated carbocycles. The summed E-state index contributed by atoms with van der Waals surface area (Å²) in [6.07, 6.45) is 1.32. The Morgan fingerprint density at radius 1 is 1.64 bits per heavy atom. The van der Waals surface area contributed by atoms with Crippen LogP contribution in [0.2, 0.25) is 0 Å². The number of carbonyl (C=O) groups is 1. The van der Waals surface area contributed by atoms with E-state index < -0.39 is 5.97 Å². The zero-order valence-corrected chi connectivity index (χ0v) is 7.10. The monoisotopic (exact) mass is 193 g/mol. The Balaban J connectivity index is 2.58. The predicted molar refractivity (Wildman–Crippen MR) is 47.2 cm³/mol. The average Bonchev–Trinajstić information content (AvgIpc) is 2.50. The first-order chi connectivity index (χ1) is 6.66. The van der Waals surface area contributed by atoms with Crippen molar-refractivity contribution < 1.29 is 9.90 Å². The van der Waals surface area contributed by atoms with Gasteiger partial charge in [0.2, 0.25) is 0 Å². The van der Waals surface area contributed by atoms with Gasteiger partial charge in [-0.05, 0) is 0 Å². The molecule has 0 unspecified atom stereocenters. The summed E-state index contributed by atoms with van der Waals surface area (Å²) in [4.78, 5) is 25.7. The van der Waals surface area contributed by atoms with E-state index in [0.717, 1.165) is 0 Å². The Bertz CT molecular complexity index is 540. The van der Waals surface area contributed by atoms with Crippen molar-refractivity contribution >= 4 is 11.6 Å². The lowest BCUT2D eigenvalue weighted by molar-refractivity contribution is -0.136. The fourth-order valence-corrected chi connectivity index (χ4v) is 1.22. The maximum absolute atomic E-state index is 11.3. The van der Waals surface area contributed by atoms with Gasteiger partial charge in [0.05, 0.1) is 12.1 Å². The number of fused-ring (bicyclic) bond motifs is 1. The third-order valence-corrected chi connectivity index (χ3v) is 1.77. The van der Waals surface area contributed by atoms with E-state index in [1.807, 2.05) is 0 Å². The molecule has 0 aliphatic carbocycles. The van der Waals surface area contributed by atoms with Gasteiger partial charge < -0.3 is 5.11 Å². The molecule has 14 heavy (non-hydrogen) atoms. The van der Waals surface area contributed by atoms with E-state index in [9.17, 15) is 9.59 Å². The zero-order valence-electron chi connectivity index (χ0n) is 7.10. The van der Waals surface area contributed by atoms with Crippen LogP contribution in [-0.4, -0.2) is 25.7 Å². The average molecular weight is 193 g/mol. The van der Waals surface area contributed by atoms with Gasteiger partial charge in [0.1, 0.15) is 0 Å². The van der Waals surface area contributed by atoms with Crippen molar-refractivity contribution in [2.75, 3.05) is 0 Å². The lowest BCUT2D eigenvalue weighted by atomic mass is 10.3. The van der Waals surface area contributed by atoms with Gasteiger partial charge in [-0.15, -0.1) is 0 Å². The molecule has 6 nitrogen and oxygen atoms in total. The Labute approximate surface area is 77.8 Å². The van der Waals surface area contributed by atoms with Crippen LogP contribution >= 0.6 is 0 Å². The fourth-order valence-electron chi connectivity index (χ4n) is 1.22. The van der Waals surface area contributed by atoms with Gasteiger partial charge >= 0.3 is 5.97 Å². The van der Waals surface area contributed by atoms with E-state index in [4.69, 9.17) is 5.11 Å². The molecule has 0 saturated heterocycles. The summed E-state index contributed by atoms with van der Waals surface area (Å²) in [6.45, 7) is 0. The molecule has 0 atom stereocenters. The highest BCUT2D eigenvalue weighted by Gasteiger charge is 2.05. The molecule has 72 valence electrons. The number of aromatic amines is 1. The summed E-state index contributed by atoms with van der Waals surface area (Å²) >= 11 is 0. The molecule has 2 N–H and O–H groups in total. The minimum absolute atomic E-state index is 0.239. The van der Waals surface area contributed by atoms with Gasteiger partial charge in [0.15, 0.2) is 5.65 Å². The maximum Gasteiger partial charge on any atom is 0.309 e. The van der Waals surface area contributed by atoms with Gasteiger partial charge in [-0.3, -0.25) is 14.7 Å². The molecule has 0 aliphatic heterocycles. The number of aromatic nitrogens is 3. The van der Waals surface area contributed by atoms with Gasteiger partial charge in [-0.1, -0.05) is 0 Å². The van der Waals surface area contributed by atoms with E-state index in [2.05, 4.69) is 10.1 Å². The Morgan fingerprint density at radius 2 is 2.43 bits per heavy atom. The van der Waals surface area contributed by atoms with Gasteiger partial charge in [-0.2, -0.15) is 0 Å². The maximum atomic E-state index is 11.3. The first kappa shape index (κ1) is 8.49. The Hall–Kier alpha value is -2.11. The van der Waals surface area contributed by atoms with Gasteiger partial charge in [-0.25, -0.2) is 9.50 Å². The van der Waals surface area contributed by atoms with Crippen molar-refractivity contribution in [2.24, 2.45) is 0 Å². The first-order valence-corrected chi connectivity index (χ1v) is 3.95. The van der Waals surface area contributed by atoms with E-state index in [1.165, 1.54) is 10.6 Å². The lowest BCUT2D eigenvalue weighted by Crippen LogP contribution is -2.16. The number of aliphatic carboxylic acids is 1. The minimum Gasteiger partial charge on any atom is -0.481 e. The molecule has 2 rings (SSSR count). The molecule has 0 amide bonds. The summed E-state index contributed by atoms with van der Waals surface area (Å²) in [7, 11) is 0. The smallest absolute Gasteiger partial charge is 0.309 e. The van der Waals surface area contributed by atoms with Gasteiger partial charge in [0.25, 0.3) is 5.56 Å². The molecule has 0 radical (unpaired) electrons. The summed E-state index contributed by atoms with van der Waals surface area (Å²) in [5.41, 5.74) is 0.382. The van der Waals surface area contributed by atoms with E-state index >= 15 is 0 Å². The third kappa shape index (κ3) is 1.37. The number of rotatable bonds is 2. The second-order valence-corrected chi connectivity index (χ2v) is 2.81. The van der Waals surface area contributed by atoms with Crippen molar-refractivity contribution in [1.29, 1.82) is 0 Å². The highest BCUT2D eigenvalue weighted by atomic mass is 16.4. The number of hydrogen-bond donors (Lipinski definition) is 2. The SMILES string of the molecule is O=C(O)Cc1cc(=O)n2[nH]ccc2n1. The number of nitrogens with one attached hydrogen (secondary N) is 1. The van der Waals surface area contributed by atoms with Crippen molar-refractivity contribution in [2.45, 2.75) is 6.42 Å². The normalized spacial score (nSPS) is 10.6. The molecule has 0 aromatic carbocycles. The van der Waals surface area contributed by atoms with E-state index in [0.29, 0.717) is 5.65 Å². The molecular weight excluding hydrogens is 186 g/mol. The molecule has 0 fully saturated rings. The largest absolute Gasteiger partial charge is 0.481 e. The van der Waals surface area contributed by atoms with Crippen LogP contribution in [0.1, 0.15) is 5.69 Å². The minimum atomic E-state index is -1.00. The second-order valence-electron chi connectivity index (χ2n) is 2.81. The van der Waals surface area contributed by atoms with Gasteiger partial charge in [0, 0.05) is 18.3 Å². The molecule has 0 bridgehead atoms. The highest BCUT2D eigenvalue weighted by molar-refractivity contribution is 5.69. The summed E-state index contributed by atoms with van der Waals surface area (Å²) < 4.78 is 1.24. The zero-order chi connectivity index (χ0) is 10.1. The summed E-state index contributed by atoms with van der Waals surface area (Å²) in [5.74, 6) is -1.00. The lowest BCUT2D eigenvalue weighted by Gasteiger charge is -1.96. The topological polar surface area (TPSA) is 87.5 Å². The molecule has 2 heterocycles. The quantitative estimate of drug-likeness (QED) is 0.682. The first-order valence-electron chi connectivity index (χ1n) is 3.95. The standard InChI is InChI=1S/C8H7N3O3/c12-7-3-5(4-8(13)14)10-6-1-2-9-11(6)7/h1-3,9H,4H2,(H,13,14). The number of hydrogen-bond acceptors (Lipinski definition) is 3. The molecule has 6 heteroatoms. The van der Waals surface area contributed by atoms with E-state index in [-0.39, 0.29) is 17.7 Å². The van der Waals surface area contributed by atoms with Crippen LogP contribution < -0.4 is 5.56 Å². The van der Waals surface area contributed by atoms with Crippen molar-refractivity contribution in [3.63, 3.8) is 0 Å².